The third-order valence-electron chi connectivity index (χ3n) is 8.37. The minimum atomic E-state index is -1.22. The highest BCUT2D eigenvalue weighted by molar-refractivity contribution is 5.99. The van der Waals surface area contributed by atoms with Crippen LogP contribution in [0.5, 0.6) is 0 Å². The summed E-state index contributed by atoms with van der Waals surface area (Å²) in [5, 5.41) is 12.8. The van der Waals surface area contributed by atoms with E-state index in [1.807, 2.05) is 6.92 Å². The Labute approximate surface area is 227 Å². The van der Waals surface area contributed by atoms with Gasteiger partial charge in [0.25, 0.3) is 5.91 Å². The van der Waals surface area contributed by atoms with Crippen molar-refractivity contribution in [2.75, 3.05) is 26.7 Å². The van der Waals surface area contributed by atoms with Crippen LogP contribution in [-0.2, 0) is 16.6 Å². The number of aryl methyl sites for hydroxylation is 1. The standard InChI is InChI=1S/C28H38FN5O5/c1-17-16-33(26(36)23-15-20-14-21(29)10-11-22(20)32(23)4)12-13-34(17)27(37)24(19-8-6-5-7-9-19)30-25(35)18(2)31(3)28(38)39/h10-11,14-15,17-19,24H,5-9,12-13,16H2,1-4H3,(H,30,35)(H,38,39)/t17-,18+,24+/m1/s1. The molecule has 4 amide bonds. The molecule has 11 heteroatoms. The quantitative estimate of drug-likeness (QED) is 0.581. The minimum Gasteiger partial charge on any atom is -0.465 e. The summed E-state index contributed by atoms with van der Waals surface area (Å²) in [6.07, 6.45) is 3.44. The molecule has 2 aliphatic rings. The molecule has 1 aliphatic heterocycles. The normalized spacial score (nSPS) is 20.0. The molecular formula is C28H38FN5O5. The van der Waals surface area contributed by atoms with E-state index in [1.165, 1.54) is 26.1 Å². The van der Waals surface area contributed by atoms with Crippen LogP contribution in [0.2, 0.25) is 0 Å². The van der Waals surface area contributed by atoms with Gasteiger partial charge in [0.2, 0.25) is 11.8 Å². The number of hydrogen-bond acceptors (Lipinski definition) is 4. The number of benzene rings is 1. The monoisotopic (exact) mass is 543 g/mol. The number of piperazine rings is 1. The van der Waals surface area contributed by atoms with Crippen molar-refractivity contribution in [1.29, 1.82) is 0 Å². The Morgan fingerprint density at radius 3 is 2.44 bits per heavy atom. The molecule has 2 N–H and O–H groups in total. The van der Waals surface area contributed by atoms with Crippen LogP contribution in [0.25, 0.3) is 10.9 Å². The van der Waals surface area contributed by atoms with Crippen LogP contribution < -0.4 is 5.32 Å². The Morgan fingerprint density at radius 1 is 1.10 bits per heavy atom. The van der Waals surface area contributed by atoms with Crippen LogP contribution in [0.3, 0.4) is 0 Å². The van der Waals surface area contributed by atoms with Crippen LogP contribution in [0.4, 0.5) is 9.18 Å². The summed E-state index contributed by atoms with van der Waals surface area (Å²) in [6, 6.07) is 4.13. The van der Waals surface area contributed by atoms with Gasteiger partial charge in [-0.25, -0.2) is 9.18 Å². The first-order valence-electron chi connectivity index (χ1n) is 13.6. The molecule has 39 heavy (non-hydrogen) atoms. The second-order valence-electron chi connectivity index (χ2n) is 10.9. The molecule has 1 aliphatic carbocycles. The maximum atomic E-state index is 13.9. The van der Waals surface area contributed by atoms with Crippen molar-refractivity contribution in [3.05, 3.63) is 35.8 Å². The van der Waals surface area contributed by atoms with Crippen molar-refractivity contribution < 1.29 is 28.7 Å². The van der Waals surface area contributed by atoms with Gasteiger partial charge in [0.1, 0.15) is 23.6 Å². The fourth-order valence-electron chi connectivity index (χ4n) is 5.80. The summed E-state index contributed by atoms with van der Waals surface area (Å²) < 4.78 is 15.5. The van der Waals surface area contributed by atoms with E-state index in [9.17, 15) is 28.7 Å². The second-order valence-corrected chi connectivity index (χ2v) is 10.9. The third kappa shape index (κ3) is 5.86. The number of aromatic nitrogens is 1. The second kappa shape index (κ2) is 11.6. The Bertz CT molecular complexity index is 1260. The Balaban J connectivity index is 1.48. The summed E-state index contributed by atoms with van der Waals surface area (Å²) >= 11 is 0. The first-order chi connectivity index (χ1) is 18.5. The van der Waals surface area contributed by atoms with Crippen molar-refractivity contribution in [2.24, 2.45) is 13.0 Å². The number of carboxylic acid groups (broad SMARTS) is 1. The smallest absolute Gasteiger partial charge is 0.407 e. The van der Waals surface area contributed by atoms with E-state index >= 15 is 0 Å². The Morgan fingerprint density at radius 2 is 1.79 bits per heavy atom. The molecule has 1 aromatic heterocycles. The lowest BCUT2D eigenvalue weighted by Crippen LogP contribution is -2.62. The summed E-state index contributed by atoms with van der Waals surface area (Å²) in [5.74, 6) is -1.27. The molecule has 1 saturated carbocycles. The first kappa shape index (κ1) is 28.4. The molecular weight excluding hydrogens is 505 g/mol. The number of carbonyl (C=O) groups excluding carboxylic acids is 3. The summed E-state index contributed by atoms with van der Waals surface area (Å²) in [5.41, 5.74) is 1.21. The molecule has 0 bridgehead atoms. The van der Waals surface area contributed by atoms with E-state index < -0.39 is 24.1 Å². The van der Waals surface area contributed by atoms with Crippen LogP contribution in [0.15, 0.2) is 24.3 Å². The van der Waals surface area contributed by atoms with Gasteiger partial charge < -0.3 is 24.8 Å². The Kier molecular flexibility index (Phi) is 8.46. The minimum absolute atomic E-state index is 0.0272. The van der Waals surface area contributed by atoms with Crippen molar-refractivity contribution in [2.45, 2.75) is 64.1 Å². The van der Waals surface area contributed by atoms with Gasteiger partial charge in [0.05, 0.1) is 0 Å². The van der Waals surface area contributed by atoms with E-state index in [2.05, 4.69) is 5.32 Å². The highest BCUT2D eigenvalue weighted by atomic mass is 19.1. The van der Waals surface area contributed by atoms with Crippen LogP contribution in [-0.4, -0.2) is 93.0 Å². The van der Waals surface area contributed by atoms with E-state index in [0.717, 1.165) is 42.5 Å². The lowest BCUT2D eigenvalue weighted by Gasteiger charge is -2.43. The van der Waals surface area contributed by atoms with Crippen molar-refractivity contribution in [3.63, 3.8) is 0 Å². The molecule has 2 aromatic rings. The predicted molar refractivity (Wildman–Crippen MR) is 144 cm³/mol. The summed E-state index contributed by atoms with van der Waals surface area (Å²) in [7, 11) is 3.10. The van der Waals surface area contributed by atoms with E-state index in [1.54, 1.807) is 33.5 Å². The molecule has 2 heterocycles. The fraction of sp³-hybridized carbons (Fsp3) is 0.571. The largest absolute Gasteiger partial charge is 0.465 e. The van der Waals surface area contributed by atoms with Gasteiger partial charge in [-0.1, -0.05) is 19.3 Å². The van der Waals surface area contributed by atoms with Crippen molar-refractivity contribution in [1.82, 2.24) is 24.6 Å². The van der Waals surface area contributed by atoms with Gasteiger partial charge in [0, 0.05) is 50.7 Å². The maximum Gasteiger partial charge on any atom is 0.407 e. The number of amides is 4. The molecule has 1 saturated heterocycles. The molecule has 0 radical (unpaired) electrons. The number of fused-ring (bicyclic) bond motifs is 1. The maximum absolute atomic E-state index is 13.9. The molecule has 10 nitrogen and oxygen atoms in total. The van der Waals surface area contributed by atoms with Gasteiger partial charge in [-0.15, -0.1) is 0 Å². The number of likely N-dealkylation sites (N-methyl/N-ethyl adjacent to an activating group) is 1. The molecule has 4 rings (SSSR count). The van der Waals surface area contributed by atoms with E-state index in [-0.39, 0.29) is 29.6 Å². The first-order valence-corrected chi connectivity index (χ1v) is 13.6. The highest BCUT2D eigenvalue weighted by Gasteiger charge is 2.39. The predicted octanol–water partition coefficient (Wildman–Crippen LogP) is 3.05. The number of carbonyl (C=O) groups is 4. The number of rotatable bonds is 6. The third-order valence-corrected chi connectivity index (χ3v) is 8.37. The topological polar surface area (TPSA) is 115 Å². The lowest BCUT2D eigenvalue weighted by molar-refractivity contribution is -0.142. The highest BCUT2D eigenvalue weighted by Crippen LogP contribution is 2.29. The average Bonchev–Trinajstić information content (AvgIpc) is 3.25. The number of hydrogen-bond donors (Lipinski definition) is 2. The van der Waals surface area contributed by atoms with Crippen molar-refractivity contribution >= 4 is 34.7 Å². The molecule has 3 atom stereocenters. The molecule has 1 aromatic carbocycles. The van der Waals surface area contributed by atoms with Gasteiger partial charge >= 0.3 is 6.09 Å². The SMILES string of the molecule is C[C@@H]1CN(C(=O)c2cc3cc(F)ccc3n2C)CCN1C(=O)[C@@H](NC(=O)[C@H](C)N(C)C(=O)O)C1CCCCC1. The zero-order valence-electron chi connectivity index (χ0n) is 23.0. The molecule has 0 unspecified atom stereocenters. The van der Waals surface area contributed by atoms with Crippen LogP contribution >= 0.6 is 0 Å². The van der Waals surface area contributed by atoms with Crippen molar-refractivity contribution in [3.8, 4) is 0 Å². The lowest BCUT2D eigenvalue weighted by atomic mass is 9.83. The molecule has 2 fully saturated rings. The van der Waals surface area contributed by atoms with Crippen LogP contribution in [0, 0.1) is 11.7 Å². The Hall–Kier alpha value is -3.63. The zero-order valence-corrected chi connectivity index (χ0v) is 23.0. The zero-order chi connectivity index (χ0) is 28.4. The molecule has 0 spiro atoms. The van der Waals surface area contributed by atoms with Gasteiger partial charge in [-0.3, -0.25) is 19.3 Å². The van der Waals surface area contributed by atoms with Gasteiger partial charge in [0.15, 0.2) is 0 Å². The average molecular weight is 544 g/mol. The summed E-state index contributed by atoms with van der Waals surface area (Å²) in [4.78, 5) is 56.0. The van der Waals surface area contributed by atoms with E-state index in [0.29, 0.717) is 30.7 Å². The van der Waals surface area contributed by atoms with Gasteiger partial charge in [-0.2, -0.15) is 0 Å². The fourth-order valence-corrected chi connectivity index (χ4v) is 5.80. The van der Waals surface area contributed by atoms with E-state index in [4.69, 9.17) is 0 Å². The molecule has 212 valence electrons. The number of halogens is 1. The summed E-state index contributed by atoms with van der Waals surface area (Å²) in [6.45, 7) is 4.35. The van der Waals surface area contributed by atoms with Crippen LogP contribution in [0.1, 0.15) is 56.4 Å². The van der Waals surface area contributed by atoms with Gasteiger partial charge in [-0.05, 0) is 56.9 Å². The number of nitrogens with zero attached hydrogens (tertiary/aromatic N) is 4. The number of nitrogens with one attached hydrogen (secondary N) is 1.